The summed E-state index contributed by atoms with van der Waals surface area (Å²) in [6.45, 7) is 0. The van der Waals surface area contributed by atoms with Crippen LogP contribution in [0.3, 0.4) is 0 Å². The lowest BCUT2D eigenvalue weighted by molar-refractivity contribution is 0.412. The highest BCUT2D eigenvalue weighted by atomic mass is 79.9. The summed E-state index contributed by atoms with van der Waals surface area (Å²) in [5.74, 6) is 0.228. The van der Waals surface area contributed by atoms with Crippen LogP contribution in [0.15, 0.2) is 16.6 Å². The van der Waals surface area contributed by atoms with Crippen LogP contribution in [0.5, 0.6) is 5.75 Å². The van der Waals surface area contributed by atoms with Crippen molar-refractivity contribution in [2.75, 3.05) is 7.11 Å². The second kappa shape index (κ2) is 4.91. The van der Waals surface area contributed by atoms with Crippen LogP contribution in [0, 0.1) is 0 Å². The van der Waals surface area contributed by atoms with Crippen molar-refractivity contribution in [3.63, 3.8) is 0 Å². The van der Waals surface area contributed by atoms with Gasteiger partial charge in [-0.3, -0.25) is 0 Å². The van der Waals surface area contributed by atoms with Gasteiger partial charge in [0.25, 0.3) is 0 Å². The third-order valence-corrected chi connectivity index (χ3v) is 3.60. The van der Waals surface area contributed by atoms with Crippen LogP contribution >= 0.6 is 38.2 Å². The highest BCUT2D eigenvalue weighted by molar-refractivity contribution is 9.10. The van der Waals surface area contributed by atoms with E-state index in [2.05, 4.69) is 15.9 Å². The molecule has 0 atom stereocenters. The number of benzene rings is 1. The Hall–Kier alpha value is 0.0300. The van der Waals surface area contributed by atoms with Gasteiger partial charge in [-0.05, 0) is 27.6 Å². The molecule has 0 amide bonds. The molecule has 0 spiro atoms. The largest absolute Gasteiger partial charge is 0.496 e. The fraction of sp³-hybridized carbons (Fsp3) is 0.250. The van der Waals surface area contributed by atoms with Gasteiger partial charge >= 0.3 is 0 Å². The lowest BCUT2D eigenvalue weighted by Gasteiger charge is -2.07. The maximum Gasteiger partial charge on any atom is 0.236 e. The molecule has 1 aromatic carbocycles. The van der Waals surface area contributed by atoms with E-state index in [0.29, 0.717) is 20.8 Å². The average molecular weight is 334 g/mol. The fourth-order valence-electron chi connectivity index (χ4n) is 1.02. The molecule has 0 aliphatic carbocycles. The first-order valence-electron chi connectivity index (χ1n) is 3.77. The van der Waals surface area contributed by atoms with Crippen LogP contribution in [0.25, 0.3) is 0 Å². The lowest BCUT2D eigenvalue weighted by atomic mass is 10.2. The number of methoxy groups -OCH3 is 1. The summed E-state index contributed by atoms with van der Waals surface area (Å²) in [4.78, 5) is 0. The summed E-state index contributed by atoms with van der Waals surface area (Å²) in [6, 6.07) is 3.10. The van der Waals surface area contributed by atoms with E-state index in [9.17, 15) is 8.42 Å². The summed E-state index contributed by atoms with van der Waals surface area (Å²) >= 11 is 9.09. The molecule has 0 saturated heterocycles. The third-order valence-electron chi connectivity index (χ3n) is 1.65. The maximum atomic E-state index is 10.9. The normalized spacial score (nSPS) is 11.5. The molecule has 0 aromatic heterocycles. The Balaban J connectivity index is 3.17. The van der Waals surface area contributed by atoms with Gasteiger partial charge in [0.2, 0.25) is 9.05 Å². The number of ether oxygens (including phenoxy) is 1. The van der Waals surface area contributed by atoms with E-state index in [1.165, 1.54) is 13.2 Å². The molecular formula is C8H7BrCl2O3S. The number of halogens is 3. The smallest absolute Gasteiger partial charge is 0.236 e. The van der Waals surface area contributed by atoms with E-state index in [1.54, 1.807) is 6.07 Å². The van der Waals surface area contributed by atoms with Gasteiger partial charge < -0.3 is 4.74 Å². The van der Waals surface area contributed by atoms with Gasteiger partial charge in [0, 0.05) is 21.8 Å². The van der Waals surface area contributed by atoms with E-state index < -0.39 is 9.05 Å². The number of rotatable bonds is 3. The van der Waals surface area contributed by atoms with Crippen molar-refractivity contribution < 1.29 is 13.2 Å². The predicted molar refractivity (Wildman–Crippen MR) is 64.2 cm³/mol. The van der Waals surface area contributed by atoms with Crippen molar-refractivity contribution in [1.82, 2.24) is 0 Å². The predicted octanol–water partition coefficient (Wildman–Crippen LogP) is 3.18. The molecule has 1 aromatic rings. The van der Waals surface area contributed by atoms with Gasteiger partial charge in [0.15, 0.2) is 0 Å². The molecule has 0 unspecified atom stereocenters. The van der Waals surface area contributed by atoms with E-state index in [1.807, 2.05) is 0 Å². The zero-order valence-corrected chi connectivity index (χ0v) is 11.5. The van der Waals surface area contributed by atoms with E-state index in [-0.39, 0.29) is 5.75 Å². The van der Waals surface area contributed by atoms with Gasteiger partial charge in [-0.2, -0.15) is 0 Å². The molecular weight excluding hydrogens is 327 g/mol. The molecule has 15 heavy (non-hydrogen) atoms. The van der Waals surface area contributed by atoms with E-state index in [0.717, 1.165) is 0 Å². The van der Waals surface area contributed by atoms with Crippen molar-refractivity contribution in [3.8, 4) is 5.75 Å². The first-order valence-corrected chi connectivity index (χ1v) is 7.42. The summed E-state index contributed by atoms with van der Waals surface area (Å²) in [5.41, 5.74) is 0.430. The Morgan fingerprint density at radius 1 is 1.47 bits per heavy atom. The minimum absolute atomic E-state index is 0.305. The van der Waals surface area contributed by atoms with Crippen molar-refractivity contribution in [2.24, 2.45) is 0 Å². The minimum Gasteiger partial charge on any atom is -0.496 e. The molecule has 0 N–H and O–H groups in total. The van der Waals surface area contributed by atoms with Crippen LogP contribution < -0.4 is 4.74 Å². The number of hydrogen-bond donors (Lipinski definition) is 0. The molecule has 7 heteroatoms. The third kappa shape index (κ3) is 3.83. The second-order valence-corrected chi connectivity index (χ2v) is 6.80. The highest BCUT2D eigenvalue weighted by Gasteiger charge is 2.13. The van der Waals surface area contributed by atoms with Crippen LogP contribution in [-0.2, 0) is 14.8 Å². The van der Waals surface area contributed by atoms with Crippen LogP contribution in [0.4, 0.5) is 0 Å². The van der Waals surface area contributed by atoms with Gasteiger partial charge in [-0.25, -0.2) is 8.42 Å². The van der Waals surface area contributed by atoms with Crippen LogP contribution in [-0.4, -0.2) is 15.5 Å². The summed E-state index contributed by atoms with van der Waals surface area (Å²) in [5, 5.41) is 0.305. The van der Waals surface area contributed by atoms with E-state index >= 15 is 0 Å². The first-order chi connectivity index (χ1) is 6.83. The highest BCUT2D eigenvalue weighted by Crippen LogP contribution is 2.32. The van der Waals surface area contributed by atoms with E-state index in [4.69, 9.17) is 27.0 Å². The first kappa shape index (κ1) is 13.1. The monoisotopic (exact) mass is 332 g/mol. The maximum absolute atomic E-state index is 10.9. The Kier molecular flexibility index (Phi) is 4.29. The molecule has 0 aliphatic heterocycles. The zero-order valence-electron chi connectivity index (χ0n) is 7.63. The summed E-state index contributed by atoms with van der Waals surface area (Å²) in [6.07, 6.45) is 0. The zero-order chi connectivity index (χ0) is 11.6. The van der Waals surface area contributed by atoms with Crippen molar-refractivity contribution in [3.05, 3.63) is 27.2 Å². The quantitative estimate of drug-likeness (QED) is 0.798. The second-order valence-electron chi connectivity index (χ2n) is 2.76. The Bertz CT molecular complexity index is 473. The number of hydrogen-bond acceptors (Lipinski definition) is 3. The molecule has 0 saturated carbocycles. The Labute approximate surface area is 106 Å². The molecule has 84 valence electrons. The lowest BCUT2D eigenvalue weighted by Crippen LogP contribution is -1.97. The van der Waals surface area contributed by atoms with Crippen molar-refractivity contribution in [1.29, 1.82) is 0 Å². The van der Waals surface area contributed by atoms with Gasteiger partial charge in [0.1, 0.15) is 5.75 Å². The molecule has 0 fully saturated rings. The molecule has 0 aliphatic rings. The Morgan fingerprint density at radius 2 is 2.07 bits per heavy atom. The van der Waals surface area contributed by atoms with Gasteiger partial charge in [0.05, 0.1) is 17.3 Å². The average Bonchev–Trinajstić information content (AvgIpc) is 2.08. The molecule has 0 bridgehead atoms. The SMILES string of the molecule is COc1cc(Cl)c(CS(=O)(=O)Cl)cc1Br. The molecule has 0 radical (unpaired) electrons. The van der Waals surface area contributed by atoms with Crippen LogP contribution in [0.1, 0.15) is 5.56 Å². The van der Waals surface area contributed by atoms with Crippen molar-refractivity contribution >= 4 is 47.3 Å². The molecule has 1 rings (SSSR count). The van der Waals surface area contributed by atoms with Crippen molar-refractivity contribution in [2.45, 2.75) is 5.75 Å². The minimum atomic E-state index is -3.61. The summed E-state index contributed by atoms with van der Waals surface area (Å²) in [7, 11) is 3.02. The topological polar surface area (TPSA) is 43.4 Å². The summed E-state index contributed by atoms with van der Waals surface area (Å²) < 4.78 is 27.4. The standard InChI is InChI=1S/C8H7BrCl2O3S/c1-14-8-3-7(10)5(2-6(8)9)4-15(11,12)13/h2-3H,4H2,1H3. The fourth-order valence-corrected chi connectivity index (χ4v) is 2.84. The molecule has 0 heterocycles. The van der Waals surface area contributed by atoms with Gasteiger partial charge in [-0.1, -0.05) is 11.6 Å². The van der Waals surface area contributed by atoms with Crippen LogP contribution in [0.2, 0.25) is 5.02 Å². The van der Waals surface area contributed by atoms with Gasteiger partial charge in [-0.15, -0.1) is 0 Å². The molecule has 3 nitrogen and oxygen atoms in total. The Morgan fingerprint density at radius 3 is 2.53 bits per heavy atom.